The maximum atomic E-state index is 12.0. The number of nitrogens with zero attached hydrogens (tertiary/aromatic N) is 1. The average Bonchev–Trinajstić information content (AvgIpc) is 2.97. The molecule has 0 unspecified atom stereocenters. The molecule has 6 nitrogen and oxygen atoms in total. The minimum atomic E-state index is -0.289. The van der Waals surface area contributed by atoms with Crippen molar-refractivity contribution in [1.82, 2.24) is 10.5 Å². The molecular formula is C15H18N2O4. The molecule has 0 saturated heterocycles. The molecule has 0 saturated carbocycles. The molecule has 1 aromatic carbocycles. The van der Waals surface area contributed by atoms with E-state index in [1.165, 1.54) is 0 Å². The van der Waals surface area contributed by atoms with Crippen LogP contribution in [0.1, 0.15) is 17.4 Å². The van der Waals surface area contributed by atoms with E-state index in [0.717, 1.165) is 11.3 Å². The highest BCUT2D eigenvalue weighted by Crippen LogP contribution is 2.23. The van der Waals surface area contributed by atoms with Gasteiger partial charge in [0.05, 0.1) is 13.7 Å². The topological polar surface area (TPSA) is 73.6 Å². The van der Waals surface area contributed by atoms with Gasteiger partial charge < -0.3 is 19.3 Å². The van der Waals surface area contributed by atoms with Gasteiger partial charge in [-0.15, -0.1) is 0 Å². The van der Waals surface area contributed by atoms with E-state index in [-0.39, 0.29) is 17.6 Å². The zero-order valence-corrected chi connectivity index (χ0v) is 12.3. The van der Waals surface area contributed by atoms with E-state index in [1.807, 2.05) is 31.2 Å². The largest absolute Gasteiger partial charge is 0.497 e. The number of amides is 1. The fraction of sp³-hybridized carbons (Fsp3) is 0.333. The van der Waals surface area contributed by atoms with Gasteiger partial charge >= 0.3 is 0 Å². The molecule has 1 aromatic heterocycles. The van der Waals surface area contributed by atoms with Crippen LogP contribution in [0, 0.1) is 0 Å². The molecule has 1 heterocycles. The van der Waals surface area contributed by atoms with E-state index in [1.54, 1.807) is 20.3 Å². The van der Waals surface area contributed by atoms with Crippen molar-refractivity contribution < 1.29 is 18.8 Å². The van der Waals surface area contributed by atoms with Gasteiger partial charge in [-0.3, -0.25) is 4.79 Å². The summed E-state index contributed by atoms with van der Waals surface area (Å²) in [7, 11) is 3.19. The monoisotopic (exact) mass is 290 g/mol. The molecule has 0 aliphatic rings. The number of ether oxygens (including phenoxy) is 2. The zero-order valence-electron chi connectivity index (χ0n) is 12.3. The summed E-state index contributed by atoms with van der Waals surface area (Å²) in [4.78, 5) is 12.0. The smallest absolute Gasteiger partial charge is 0.273 e. The van der Waals surface area contributed by atoms with E-state index in [0.29, 0.717) is 12.4 Å². The fourth-order valence-corrected chi connectivity index (χ4v) is 1.86. The van der Waals surface area contributed by atoms with E-state index in [9.17, 15) is 4.79 Å². The van der Waals surface area contributed by atoms with Gasteiger partial charge in [-0.1, -0.05) is 5.16 Å². The van der Waals surface area contributed by atoms with E-state index < -0.39 is 0 Å². The Hall–Kier alpha value is -2.34. The summed E-state index contributed by atoms with van der Waals surface area (Å²) in [5.41, 5.74) is 1.07. The van der Waals surface area contributed by atoms with Crippen molar-refractivity contribution in [3.63, 3.8) is 0 Å². The Balaban J connectivity index is 2.08. The SMILES string of the molecule is COC[C@H](C)NC(=O)c1cc(-c2ccc(OC)cc2)on1. The van der Waals surface area contributed by atoms with Crippen molar-refractivity contribution in [2.24, 2.45) is 0 Å². The molecule has 2 rings (SSSR count). The van der Waals surface area contributed by atoms with Crippen LogP contribution in [0.4, 0.5) is 0 Å². The number of carbonyl (C=O) groups excluding carboxylic acids is 1. The molecule has 0 aliphatic heterocycles. The molecule has 1 amide bonds. The van der Waals surface area contributed by atoms with Crippen LogP contribution in [0.3, 0.4) is 0 Å². The highest BCUT2D eigenvalue weighted by atomic mass is 16.5. The summed E-state index contributed by atoms with van der Waals surface area (Å²) in [6.45, 7) is 2.29. The Morgan fingerprint density at radius 2 is 2.05 bits per heavy atom. The third-order valence-electron chi connectivity index (χ3n) is 2.91. The molecule has 0 aliphatic carbocycles. The first kappa shape index (κ1) is 15.1. The van der Waals surface area contributed by atoms with E-state index >= 15 is 0 Å². The van der Waals surface area contributed by atoms with Crippen molar-refractivity contribution in [2.75, 3.05) is 20.8 Å². The van der Waals surface area contributed by atoms with Gasteiger partial charge in [0.25, 0.3) is 5.91 Å². The lowest BCUT2D eigenvalue weighted by atomic mass is 10.1. The van der Waals surface area contributed by atoms with E-state index in [2.05, 4.69) is 10.5 Å². The lowest BCUT2D eigenvalue weighted by Crippen LogP contribution is -2.35. The molecule has 2 aromatic rings. The molecule has 0 spiro atoms. The van der Waals surface area contributed by atoms with Gasteiger partial charge in [0.1, 0.15) is 5.75 Å². The number of hydrogen-bond donors (Lipinski definition) is 1. The van der Waals surface area contributed by atoms with E-state index in [4.69, 9.17) is 14.0 Å². The van der Waals surface area contributed by atoms with Crippen LogP contribution in [0.5, 0.6) is 5.75 Å². The number of carbonyl (C=O) groups is 1. The summed E-state index contributed by atoms with van der Waals surface area (Å²) in [6.07, 6.45) is 0. The first-order chi connectivity index (χ1) is 10.1. The average molecular weight is 290 g/mol. The molecule has 0 bridgehead atoms. The van der Waals surface area contributed by atoms with Gasteiger partial charge in [-0.2, -0.15) is 0 Å². The van der Waals surface area contributed by atoms with Crippen LogP contribution < -0.4 is 10.1 Å². The number of methoxy groups -OCH3 is 2. The second kappa shape index (κ2) is 6.90. The number of hydrogen-bond acceptors (Lipinski definition) is 5. The molecule has 112 valence electrons. The quantitative estimate of drug-likeness (QED) is 0.882. The molecule has 1 atom stereocenters. The predicted octanol–water partition coefficient (Wildman–Crippen LogP) is 2.11. The van der Waals surface area contributed by atoms with Crippen molar-refractivity contribution in [1.29, 1.82) is 0 Å². The van der Waals surface area contributed by atoms with Crippen molar-refractivity contribution in [2.45, 2.75) is 13.0 Å². The summed E-state index contributed by atoms with van der Waals surface area (Å²) < 4.78 is 15.3. The molecular weight excluding hydrogens is 272 g/mol. The van der Waals surface area contributed by atoms with Crippen LogP contribution >= 0.6 is 0 Å². The number of nitrogens with one attached hydrogen (secondary N) is 1. The minimum Gasteiger partial charge on any atom is -0.497 e. The second-order valence-corrected chi connectivity index (χ2v) is 4.63. The summed E-state index contributed by atoms with van der Waals surface area (Å²) in [5, 5.41) is 6.56. The Bertz CT molecular complexity index is 592. The van der Waals surface area contributed by atoms with Crippen LogP contribution in [0.2, 0.25) is 0 Å². The highest BCUT2D eigenvalue weighted by molar-refractivity contribution is 5.93. The minimum absolute atomic E-state index is 0.0939. The van der Waals surface area contributed by atoms with Gasteiger partial charge in [-0.25, -0.2) is 0 Å². The summed E-state index contributed by atoms with van der Waals surface area (Å²) >= 11 is 0. The summed E-state index contributed by atoms with van der Waals surface area (Å²) in [5.74, 6) is 0.995. The third kappa shape index (κ3) is 3.82. The van der Waals surface area contributed by atoms with Crippen LogP contribution in [-0.2, 0) is 4.74 Å². The third-order valence-corrected chi connectivity index (χ3v) is 2.91. The Kier molecular flexibility index (Phi) is 4.94. The van der Waals surface area contributed by atoms with Gasteiger partial charge in [0, 0.05) is 24.8 Å². The van der Waals surface area contributed by atoms with Crippen LogP contribution in [0.15, 0.2) is 34.9 Å². The van der Waals surface area contributed by atoms with Crippen LogP contribution in [-0.4, -0.2) is 37.9 Å². The maximum Gasteiger partial charge on any atom is 0.273 e. The Morgan fingerprint density at radius 1 is 1.33 bits per heavy atom. The molecule has 0 radical (unpaired) electrons. The number of rotatable bonds is 6. The first-order valence-corrected chi connectivity index (χ1v) is 6.55. The van der Waals surface area contributed by atoms with Crippen molar-refractivity contribution >= 4 is 5.91 Å². The second-order valence-electron chi connectivity index (χ2n) is 4.63. The number of aromatic nitrogens is 1. The lowest BCUT2D eigenvalue weighted by Gasteiger charge is -2.10. The highest BCUT2D eigenvalue weighted by Gasteiger charge is 2.15. The van der Waals surface area contributed by atoms with Gasteiger partial charge in [0.15, 0.2) is 11.5 Å². The van der Waals surface area contributed by atoms with Gasteiger partial charge in [0.2, 0.25) is 0 Å². The van der Waals surface area contributed by atoms with Crippen molar-refractivity contribution in [3.05, 3.63) is 36.0 Å². The zero-order chi connectivity index (χ0) is 15.2. The predicted molar refractivity (Wildman–Crippen MR) is 77.3 cm³/mol. The van der Waals surface area contributed by atoms with Crippen LogP contribution in [0.25, 0.3) is 11.3 Å². The fourth-order valence-electron chi connectivity index (χ4n) is 1.86. The summed E-state index contributed by atoms with van der Waals surface area (Å²) in [6, 6.07) is 8.83. The number of benzene rings is 1. The molecule has 6 heteroatoms. The molecule has 0 fully saturated rings. The normalized spacial score (nSPS) is 12.0. The molecule has 1 N–H and O–H groups in total. The maximum absolute atomic E-state index is 12.0. The lowest BCUT2D eigenvalue weighted by molar-refractivity contribution is 0.0896. The Morgan fingerprint density at radius 3 is 2.67 bits per heavy atom. The van der Waals surface area contributed by atoms with Gasteiger partial charge in [-0.05, 0) is 31.2 Å². The molecule has 21 heavy (non-hydrogen) atoms. The first-order valence-electron chi connectivity index (χ1n) is 6.55. The Labute approximate surface area is 123 Å². The standard InChI is InChI=1S/C15H18N2O4/c1-10(9-19-2)16-15(18)13-8-14(21-17-13)11-4-6-12(20-3)7-5-11/h4-8,10H,9H2,1-3H3,(H,16,18)/t10-/m0/s1. The van der Waals surface area contributed by atoms with Crippen molar-refractivity contribution in [3.8, 4) is 17.1 Å².